The van der Waals surface area contributed by atoms with Gasteiger partial charge in [-0.2, -0.15) is 0 Å². The summed E-state index contributed by atoms with van der Waals surface area (Å²) >= 11 is 0. The molecule has 25 heavy (non-hydrogen) atoms. The number of hydrogen-bond donors (Lipinski definition) is 1. The number of fused-ring (bicyclic) bond motifs is 1. The number of hydrogen-bond acceptors (Lipinski definition) is 5. The number of carbonyl (C=O) groups excluding carboxylic acids is 1. The molecule has 0 radical (unpaired) electrons. The zero-order chi connectivity index (χ0) is 17.6. The normalized spacial score (nSPS) is 12.8. The molecule has 0 bridgehead atoms. The van der Waals surface area contributed by atoms with Gasteiger partial charge in [0.1, 0.15) is 0 Å². The van der Waals surface area contributed by atoms with Crippen molar-refractivity contribution in [2.45, 2.75) is 19.3 Å². The second kappa shape index (κ2) is 7.57. The van der Waals surface area contributed by atoms with Crippen molar-refractivity contribution in [2.24, 2.45) is 5.16 Å². The van der Waals surface area contributed by atoms with E-state index in [1.165, 1.54) is 29.5 Å². The number of benzene rings is 2. The molecule has 1 amide bonds. The highest BCUT2D eigenvalue weighted by Gasteiger charge is 2.12. The smallest absolute Gasteiger partial charge is 0.270 e. The lowest BCUT2D eigenvalue weighted by Gasteiger charge is -2.06. The molecule has 0 saturated heterocycles. The van der Waals surface area contributed by atoms with Crippen molar-refractivity contribution in [3.8, 4) is 0 Å². The van der Waals surface area contributed by atoms with E-state index < -0.39 is 4.92 Å². The van der Waals surface area contributed by atoms with Crippen LogP contribution >= 0.6 is 0 Å². The van der Waals surface area contributed by atoms with Crippen LogP contribution in [0.5, 0.6) is 0 Å². The first kappa shape index (κ1) is 16.6. The van der Waals surface area contributed by atoms with Gasteiger partial charge < -0.3 is 10.2 Å². The highest BCUT2D eigenvalue weighted by atomic mass is 16.6. The molecule has 0 aliphatic heterocycles. The van der Waals surface area contributed by atoms with E-state index in [2.05, 4.69) is 10.5 Å². The second-order valence-corrected chi connectivity index (χ2v) is 5.75. The number of oxime groups is 1. The van der Waals surface area contributed by atoms with Gasteiger partial charge in [-0.3, -0.25) is 14.9 Å². The number of carbonyl (C=O) groups is 1. The highest BCUT2D eigenvalue weighted by molar-refractivity contribution is 5.92. The van der Waals surface area contributed by atoms with Crippen LogP contribution in [0.25, 0.3) is 0 Å². The molecule has 0 atom stereocenters. The van der Waals surface area contributed by atoms with Gasteiger partial charge in [-0.15, -0.1) is 0 Å². The van der Waals surface area contributed by atoms with Crippen LogP contribution in [0.4, 0.5) is 11.4 Å². The Bertz CT molecular complexity index is 833. The number of nitrogens with one attached hydrogen (secondary N) is 1. The largest absolute Gasteiger partial charge is 0.386 e. The maximum Gasteiger partial charge on any atom is 0.270 e. The number of non-ortho nitro benzene ring substituents is 1. The number of amides is 1. The zero-order valence-electron chi connectivity index (χ0n) is 13.5. The Morgan fingerprint density at radius 3 is 2.92 bits per heavy atom. The molecule has 2 aromatic carbocycles. The van der Waals surface area contributed by atoms with Gasteiger partial charge in [0, 0.05) is 23.4 Å². The van der Waals surface area contributed by atoms with Gasteiger partial charge in [-0.25, -0.2) is 0 Å². The number of anilines is 1. The van der Waals surface area contributed by atoms with E-state index in [1.807, 2.05) is 18.2 Å². The van der Waals surface area contributed by atoms with Crippen molar-refractivity contribution >= 4 is 23.5 Å². The van der Waals surface area contributed by atoms with E-state index in [0.717, 1.165) is 24.9 Å². The first-order valence-corrected chi connectivity index (χ1v) is 7.93. The summed E-state index contributed by atoms with van der Waals surface area (Å²) in [5, 5.41) is 17.1. The molecule has 1 aliphatic carbocycles. The zero-order valence-corrected chi connectivity index (χ0v) is 13.5. The molecule has 0 saturated carbocycles. The summed E-state index contributed by atoms with van der Waals surface area (Å²) in [6.07, 6.45) is 4.62. The summed E-state index contributed by atoms with van der Waals surface area (Å²) in [6.45, 7) is -0.234. The molecule has 0 fully saturated rings. The summed E-state index contributed by atoms with van der Waals surface area (Å²) in [4.78, 5) is 27.0. The van der Waals surface area contributed by atoms with Gasteiger partial charge in [0.05, 0.1) is 11.1 Å². The fourth-order valence-electron chi connectivity index (χ4n) is 2.76. The van der Waals surface area contributed by atoms with Crippen LogP contribution in [-0.2, 0) is 22.5 Å². The third-order valence-electron chi connectivity index (χ3n) is 3.94. The monoisotopic (exact) mass is 339 g/mol. The minimum absolute atomic E-state index is 0.0293. The Hall–Kier alpha value is -3.22. The molecule has 0 spiro atoms. The molecular formula is C18H17N3O4. The van der Waals surface area contributed by atoms with Gasteiger partial charge in [-0.05, 0) is 42.5 Å². The molecule has 3 rings (SSSR count). The topological polar surface area (TPSA) is 93.8 Å². The van der Waals surface area contributed by atoms with Crippen LogP contribution in [0.2, 0.25) is 0 Å². The van der Waals surface area contributed by atoms with Gasteiger partial charge in [-0.1, -0.05) is 23.4 Å². The second-order valence-electron chi connectivity index (χ2n) is 5.75. The molecule has 1 N–H and O–H groups in total. The lowest BCUT2D eigenvalue weighted by atomic mass is 10.1. The highest BCUT2D eigenvalue weighted by Crippen LogP contribution is 2.24. The van der Waals surface area contributed by atoms with E-state index >= 15 is 0 Å². The van der Waals surface area contributed by atoms with E-state index in [0.29, 0.717) is 5.56 Å². The van der Waals surface area contributed by atoms with Crippen LogP contribution in [-0.4, -0.2) is 23.7 Å². The minimum Gasteiger partial charge on any atom is -0.386 e. The minimum atomic E-state index is -0.484. The van der Waals surface area contributed by atoms with Crippen LogP contribution < -0.4 is 5.32 Å². The SMILES string of the molecule is O=C(CO/N=C\c1cccc([N+](=O)[O-])c1)Nc1ccc2c(c1)CCC2. The summed E-state index contributed by atoms with van der Waals surface area (Å²) in [7, 11) is 0. The Balaban J connectivity index is 1.49. The molecule has 128 valence electrons. The number of rotatable bonds is 6. The van der Waals surface area contributed by atoms with Crippen molar-refractivity contribution in [1.29, 1.82) is 0 Å². The fraction of sp³-hybridized carbons (Fsp3) is 0.222. The van der Waals surface area contributed by atoms with Crippen molar-refractivity contribution in [3.63, 3.8) is 0 Å². The van der Waals surface area contributed by atoms with Crippen LogP contribution in [0, 0.1) is 10.1 Å². The van der Waals surface area contributed by atoms with Crippen LogP contribution in [0.15, 0.2) is 47.6 Å². The van der Waals surface area contributed by atoms with E-state index in [1.54, 1.807) is 12.1 Å². The number of nitro groups is 1. The Morgan fingerprint density at radius 2 is 2.08 bits per heavy atom. The summed E-state index contributed by atoms with van der Waals surface area (Å²) in [6, 6.07) is 11.9. The number of nitro benzene ring substituents is 1. The van der Waals surface area contributed by atoms with E-state index in [4.69, 9.17) is 4.84 Å². The third kappa shape index (κ3) is 4.41. The summed E-state index contributed by atoms with van der Waals surface area (Å²) < 4.78 is 0. The molecule has 0 heterocycles. The molecule has 7 heteroatoms. The van der Waals surface area contributed by atoms with Crippen molar-refractivity contribution in [2.75, 3.05) is 11.9 Å². The molecule has 7 nitrogen and oxygen atoms in total. The Kier molecular flexibility index (Phi) is 5.03. The van der Waals surface area contributed by atoms with Crippen molar-refractivity contribution in [1.82, 2.24) is 0 Å². The Morgan fingerprint density at radius 1 is 1.24 bits per heavy atom. The van der Waals surface area contributed by atoms with Gasteiger partial charge >= 0.3 is 0 Å². The van der Waals surface area contributed by atoms with Crippen molar-refractivity contribution < 1.29 is 14.6 Å². The molecular weight excluding hydrogens is 322 g/mol. The maximum absolute atomic E-state index is 11.9. The third-order valence-corrected chi connectivity index (χ3v) is 3.94. The van der Waals surface area contributed by atoms with Gasteiger partial charge in [0.25, 0.3) is 11.6 Å². The lowest BCUT2D eigenvalue weighted by molar-refractivity contribution is -0.384. The predicted octanol–water partition coefficient (Wildman–Crippen LogP) is 3.07. The molecule has 2 aromatic rings. The molecule has 1 aliphatic rings. The Labute approximate surface area is 144 Å². The quantitative estimate of drug-likeness (QED) is 0.497. The number of aryl methyl sites for hydroxylation is 2. The summed E-state index contributed by atoms with van der Waals surface area (Å²) in [5.74, 6) is -0.311. The maximum atomic E-state index is 11.9. The molecule has 0 unspecified atom stereocenters. The average molecular weight is 339 g/mol. The molecule has 0 aromatic heterocycles. The average Bonchev–Trinajstić information content (AvgIpc) is 3.07. The number of nitrogens with zero attached hydrogens (tertiary/aromatic N) is 2. The lowest BCUT2D eigenvalue weighted by Crippen LogP contribution is -2.17. The first-order valence-electron chi connectivity index (χ1n) is 7.93. The van der Waals surface area contributed by atoms with E-state index in [-0.39, 0.29) is 18.2 Å². The van der Waals surface area contributed by atoms with E-state index in [9.17, 15) is 14.9 Å². The van der Waals surface area contributed by atoms with Gasteiger partial charge in [0.2, 0.25) is 0 Å². The van der Waals surface area contributed by atoms with Gasteiger partial charge in [0.15, 0.2) is 6.61 Å². The van der Waals surface area contributed by atoms with Crippen molar-refractivity contribution in [3.05, 3.63) is 69.3 Å². The van der Waals surface area contributed by atoms with Crippen LogP contribution in [0.1, 0.15) is 23.1 Å². The summed E-state index contributed by atoms with van der Waals surface area (Å²) in [5.41, 5.74) is 3.86. The first-order chi connectivity index (χ1) is 12.1. The standard InChI is InChI=1S/C18H17N3O4/c22-18(20-16-8-7-14-4-2-5-15(14)10-16)12-25-19-11-13-3-1-6-17(9-13)21(23)24/h1,3,6-11H,2,4-5,12H2,(H,20,22)/b19-11-. The predicted molar refractivity (Wildman–Crippen MR) is 93.7 cm³/mol. The fourth-order valence-corrected chi connectivity index (χ4v) is 2.76. The van der Waals surface area contributed by atoms with Crippen LogP contribution in [0.3, 0.4) is 0 Å².